The summed E-state index contributed by atoms with van der Waals surface area (Å²) in [5.74, 6) is 0. The van der Waals surface area contributed by atoms with Crippen LogP contribution < -0.4 is 10.6 Å². The van der Waals surface area contributed by atoms with Crippen LogP contribution in [0.2, 0.25) is 0 Å². The van der Waals surface area contributed by atoms with Crippen molar-refractivity contribution in [1.82, 2.24) is 4.90 Å². The van der Waals surface area contributed by atoms with E-state index in [4.69, 9.17) is 5.73 Å². The number of hydrogen-bond acceptors (Lipinski definition) is 3. The van der Waals surface area contributed by atoms with Crippen LogP contribution in [-0.4, -0.2) is 37.1 Å². The maximum absolute atomic E-state index is 6.16. The lowest BCUT2D eigenvalue weighted by molar-refractivity contribution is 0.254. The van der Waals surface area contributed by atoms with Crippen LogP contribution in [0.3, 0.4) is 0 Å². The molecule has 2 heterocycles. The minimum absolute atomic E-state index is 0.0799. The monoisotopic (exact) mass is 337 g/mol. The van der Waals surface area contributed by atoms with E-state index in [9.17, 15) is 0 Å². The van der Waals surface area contributed by atoms with Crippen LogP contribution in [0.1, 0.15) is 37.8 Å². The molecule has 0 aromatic heterocycles. The molecule has 0 saturated carbocycles. The normalized spacial score (nSPS) is 28.5. The molecular formula is C16H24BrN3. The van der Waals surface area contributed by atoms with Crippen molar-refractivity contribution in [3.63, 3.8) is 0 Å². The Morgan fingerprint density at radius 3 is 2.75 bits per heavy atom. The van der Waals surface area contributed by atoms with Gasteiger partial charge in [0.25, 0.3) is 0 Å². The Morgan fingerprint density at radius 2 is 2.00 bits per heavy atom. The SMILES string of the molecule is CC(N)c1ccc(Br)cc1N1CCC2CCC(C1)N2C. The first-order valence-electron chi connectivity index (χ1n) is 7.58. The summed E-state index contributed by atoms with van der Waals surface area (Å²) in [6.07, 6.45) is 3.96. The van der Waals surface area contributed by atoms with E-state index < -0.39 is 0 Å². The Labute approximate surface area is 130 Å². The molecule has 20 heavy (non-hydrogen) atoms. The number of hydrogen-bond donors (Lipinski definition) is 1. The minimum atomic E-state index is 0.0799. The van der Waals surface area contributed by atoms with Crippen molar-refractivity contribution in [2.75, 3.05) is 25.0 Å². The second-order valence-electron chi connectivity index (χ2n) is 6.28. The summed E-state index contributed by atoms with van der Waals surface area (Å²) in [6.45, 7) is 4.34. The van der Waals surface area contributed by atoms with Gasteiger partial charge in [-0.15, -0.1) is 0 Å². The molecule has 4 heteroatoms. The van der Waals surface area contributed by atoms with Gasteiger partial charge in [-0.1, -0.05) is 22.0 Å². The first-order chi connectivity index (χ1) is 9.56. The van der Waals surface area contributed by atoms with Crippen LogP contribution in [0.5, 0.6) is 0 Å². The standard InChI is InChI=1S/C16H24BrN3/c1-11(18)15-6-3-12(17)9-16(15)20-8-7-13-4-5-14(10-20)19(13)2/h3,6,9,11,13-14H,4-5,7-8,10,18H2,1-2H3. The molecule has 110 valence electrons. The van der Waals surface area contributed by atoms with Gasteiger partial charge in [-0.3, -0.25) is 4.90 Å². The van der Waals surface area contributed by atoms with E-state index in [1.165, 1.54) is 30.5 Å². The van der Waals surface area contributed by atoms with Crippen molar-refractivity contribution in [2.45, 2.75) is 44.3 Å². The van der Waals surface area contributed by atoms with Crippen molar-refractivity contribution < 1.29 is 0 Å². The molecule has 3 rings (SSSR count). The van der Waals surface area contributed by atoms with Gasteiger partial charge in [0.1, 0.15) is 0 Å². The summed E-state index contributed by atoms with van der Waals surface area (Å²) >= 11 is 3.61. The van der Waals surface area contributed by atoms with Crippen LogP contribution in [0.25, 0.3) is 0 Å². The first-order valence-corrected chi connectivity index (χ1v) is 8.37. The second kappa shape index (κ2) is 5.66. The van der Waals surface area contributed by atoms with Crippen molar-refractivity contribution in [3.05, 3.63) is 28.2 Å². The number of rotatable bonds is 2. The minimum Gasteiger partial charge on any atom is -0.370 e. The highest BCUT2D eigenvalue weighted by Crippen LogP contribution is 2.34. The van der Waals surface area contributed by atoms with E-state index in [-0.39, 0.29) is 6.04 Å². The molecule has 2 aliphatic rings. The Morgan fingerprint density at radius 1 is 1.25 bits per heavy atom. The van der Waals surface area contributed by atoms with Crippen LogP contribution in [0, 0.1) is 0 Å². The second-order valence-corrected chi connectivity index (χ2v) is 7.19. The number of halogens is 1. The molecule has 0 amide bonds. The van der Waals surface area contributed by atoms with Gasteiger partial charge in [0.05, 0.1) is 0 Å². The topological polar surface area (TPSA) is 32.5 Å². The van der Waals surface area contributed by atoms with Crippen molar-refractivity contribution in [3.8, 4) is 0 Å². The Hall–Kier alpha value is -0.580. The average molecular weight is 338 g/mol. The lowest BCUT2D eigenvalue weighted by Crippen LogP contribution is -2.37. The fourth-order valence-corrected chi connectivity index (χ4v) is 4.05. The van der Waals surface area contributed by atoms with Crippen LogP contribution in [0.15, 0.2) is 22.7 Å². The fourth-order valence-electron chi connectivity index (χ4n) is 3.70. The predicted molar refractivity (Wildman–Crippen MR) is 88.1 cm³/mol. The largest absolute Gasteiger partial charge is 0.370 e. The number of likely N-dealkylation sites (N-methyl/N-ethyl adjacent to an activating group) is 1. The molecule has 3 atom stereocenters. The van der Waals surface area contributed by atoms with Crippen LogP contribution in [-0.2, 0) is 0 Å². The van der Waals surface area contributed by atoms with Gasteiger partial charge in [0, 0.05) is 41.4 Å². The summed E-state index contributed by atoms with van der Waals surface area (Å²) in [5, 5.41) is 0. The molecule has 3 unspecified atom stereocenters. The Balaban J connectivity index is 1.91. The number of anilines is 1. The summed E-state index contributed by atoms with van der Waals surface area (Å²) in [4.78, 5) is 5.13. The zero-order chi connectivity index (χ0) is 14.3. The van der Waals surface area contributed by atoms with Gasteiger partial charge >= 0.3 is 0 Å². The maximum Gasteiger partial charge on any atom is 0.0426 e. The van der Waals surface area contributed by atoms with Gasteiger partial charge in [0.2, 0.25) is 0 Å². The molecule has 0 radical (unpaired) electrons. The average Bonchev–Trinajstić information content (AvgIpc) is 2.62. The summed E-state index contributed by atoms with van der Waals surface area (Å²) in [5.41, 5.74) is 8.73. The van der Waals surface area contributed by atoms with E-state index in [1.807, 2.05) is 0 Å². The highest BCUT2D eigenvalue weighted by atomic mass is 79.9. The molecule has 3 nitrogen and oxygen atoms in total. The molecule has 0 spiro atoms. The third-order valence-corrected chi connectivity index (χ3v) is 5.47. The van der Waals surface area contributed by atoms with Crippen molar-refractivity contribution in [2.24, 2.45) is 5.73 Å². The third-order valence-electron chi connectivity index (χ3n) is 4.97. The highest BCUT2D eigenvalue weighted by Gasteiger charge is 2.35. The van der Waals surface area contributed by atoms with Crippen LogP contribution in [0.4, 0.5) is 5.69 Å². The number of nitrogens with zero attached hydrogens (tertiary/aromatic N) is 2. The molecule has 2 fully saturated rings. The van der Waals surface area contributed by atoms with Crippen LogP contribution >= 0.6 is 15.9 Å². The van der Waals surface area contributed by atoms with Crippen molar-refractivity contribution in [1.29, 1.82) is 0 Å². The Bertz CT molecular complexity index is 489. The summed E-state index contributed by atoms with van der Waals surface area (Å²) in [7, 11) is 2.29. The summed E-state index contributed by atoms with van der Waals surface area (Å²) < 4.78 is 1.14. The molecule has 1 aromatic carbocycles. The molecule has 0 aliphatic carbocycles. The predicted octanol–water partition coefficient (Wildman–Crippen LogP) is 3.14. The van der Waals surface area contributed by atoms with E-state index >= 15 is 0 Å². The molecule has 2 aliphatic heterocycles. The van der Waals surface area contributed by atoms with Gasteiger partial charge in [0.15, 0.2) is 0 Å². The molecule has 2 N–H and O–H groups in total. The maximum atomic E-state index is 6.16. The fraction of sp³-hybridized carbons (Fsp3) is 0.625. The molecule has 2 saturated heterocycles. The van der Waals surface area contributed by atoms with Gasteiger partial charge in [-0.25, -0.2) is 0 Å². The first kappa shape index (κ1) is 14.4. The van der Waals surface area contributed by atoms with Gasteiger partial charge in [-0.2, -0.15) is 0 Å². The number of nitrogens with two attached hydrogens (primary N) is 1. The van der Waals surface area contributed by atoms with E-state index in [0.29, 0.717) is 6.04 Å². The smallest absolute Gasteiger partial charge is 0.0426 e. The van der Waals surface area contributed by atoms with Gasteiger partial charge in [-0.05, 0) is 50.9 Å². The highest BCUT2D eigenvalue weighted by molar-refractivity contribution is 9.10. The lowest BCUT2D eigenvalue weighted by atomic mass is 10.0. The number of benzene rings is 1. The Kier molecular flexibility index (Phi) is 4.07. The lowest BCUT2D eigenvalue weighted by Gasteiger charge is -2.30. The van der Waals surface area contributed by atoms with E-state index in [2.05, 4.69) is 57.9 Å². The molecule has 2 bridgehead atoms. The zero-order valence-corrected chi connectivity index (χ0v) is 13.9. The molecular weight excluding hydrogens is 314 g/mol. The summed E-state index contributed by atoms with van der Waals surface area (Å²) in [6, 6.07) is 8.04. The zero-order valence-electron chi connectivity index (χ0n) is 12.3. The molecule has 1 aromatic rings. The van der Waals surface area contributed by atoms with Crippen molar-refractivity contribution >= 4 is 21.6 Å². The number of fused-ring (bicyclic) bond motifs is 2. The van der Waals surface area contributed by atoms with E-state index in [0.717, 1.165) is 23.6 Å². The quantitative estimate of drug-likeness (QED) is 0.899. The third kappa shape index (κ3) is 2.61. The van der Waals surface area contributed by atoms with E-state index in [1.54, 1.807) is 0 Å². The van der Waals surface area contributed by atoms with Gasteiger partial charge < -0.3 is 10.6 Å².